The Morgan fingerprint density at radius 1 is 1.00 bits per heavy atom. The Balaban J connectivity index is 1.65. The van der Waals surface area contributed by atoms with Crippen LogP contribution in [-0.4, -0.2) is 49.9 Å². The first-order valence-electron chi connectivity index (χ1n) is 9.19. The predicted octanol–water partition coefficient (Wildman–Crippen LogP) is 3.26. The SMILES string of the molecule is CC(C)Oc1cccc(CN2CCN(S(=O)(=O)c3c(F)cccc3F)CC2)c1. The predicted molar refractivity (Wildman–Crippen MR) is 103 cm³/mol. The molecule has 0 bridgehead atoms. The summed E-state index contributed by atoms with van der Waals surface area (Å²) in [5, 5.41) is 0. The molecule has 3 rings (SSSR count). The maximum absolute atomic E-state index is 13.9. The molecule has 28 heavy (non-hydrogen) atoms. The van der Waals surface area contributed by atoms with Crippen LogP contribution in [0.5, 0.6) is 5.75 Å². The normalized spacial score (nSPS) is 16.5. The molecule has 0 spiro atoms. The second-order valence-corrected chi connectivity index (χ2v) is 8.92. The van der Waals surface area contributed by atoms with E-state index in [-0.39, 0.29) is 19.2 Å². The maximum Gasteiger partial charge on any atom is 0.249 e. The van der Waals surface area contributed by atoms with Crippen molar-refractivity contribution >= 4 is 10.0 Å². The van der Waals surface area contributed by atoms with E-state index < -0.39 is 26.6 Å². The summed E-state index contributed by atoms with van der Waals surface area (Å²) in [5.41, 5.74) is 1.06. The number of rotatable bonds is 6. The lowest BCUT2D eigenvalue weighted by molar-refractivity contribution is 0.180. The van der Waals surface area contributed by atoms with Crippen LogP contribution in [-0.2, 0) is 16.6 Å². The first-order chi connectivity index (χ1) is 13.3. The van der Waals surface area contributed by atoms with Crippen LogP contribution in [0.25, 0.3) is 0 Å². The van der Waals surface area contributed by atoms with E-state index in [1.807, 2.05) is 38.1 Å². The maximum atomic E-state index is 13.9. The fraction of sp³-hybridized carbons (Fsp3) is 0.400. The minimum absolute atomic E-state index is 0.0859. The van der Waals surface area contributed by atoms with E-state index in [9.17, 15) is 17.2 Å². The van der Waals surface area contributed by atoms with Crippen molar-refractivity contribution in [2.24, 2.45) is 0 Å². The topological polar surface area (TPSA) is 49.9 Å². The lowest BCUT2D eigenvalue weighted by atomic mass is 10.2. The van der Waals surface area contributed by atoms with Gasteiger partial charge in [-0.15, -0.1) is 0 Å². The number of sulfonamides is 1. The Morgan fingerprint density at radius 3 is 2.21 bits per heavy atom. The summed E-state index contributed by atoms with van der Waals surface area (Å²) in [4.78, 5) is 1.24. The highest BCUT2D eigenvalue weighted by molar-refractivity contribution is 7.89. The monoisotopic (exact) mass is 410 g/mol. The highest BCUT2D eigenvalue weighted by Gasteiger charge is 2.33. The van der Waals surface area contributed by atoms with Gasteiger partial charge in [0.25, 0.3) is 0 Å². The zero-order chi connectivity index (χ0) is 20.3. The largest absolute Gasteiger partial charge is 0.491 e. The summed E-state index contributed by atoms with van der Waals surface area (Å²) >= 11 is 0. The van der Waals surface area contributed by atoms with Crippen LogP contribution in [0, 0.1) is 11.6 Å². The zero-order valence-electron chi connectivity index (χ0n) is 15.9. The van der Waals surface area contributed by atoms with Crippen molar-refractivity contribution in [2.75, 3.05) is 26.2 Å². The van der Waals surface area contributed by atoms with Gasteiger partial charge >= 0.3 is 0 Å². The Kier molecular flexibility index (Phi) is 6.32. The van der Waals surface area contributed by atoms with Gasteiger partial charge in [0.2, 0.25) is 10.0 Å². The van der Waals surface area contributed by atoms with Gasteiger partial charge in [0.1, 0.15) is 17.4 Å². The zero-order valence-corrected chi connectivity index (χ0v) is 16.8. The van der Waals surface area contributed by atoms with Crippen LogP contribution in [0.4, 0.5) is 8.78 Å². The van der Waals surface area contributed by atoms with Crippen LogP contribution in [0.3, 0.4) is 0 Å². The first kappa shape index (κ1) is 20.7. The molecule has 2 aromatic carbocycles. The van der Waals surface area contributed by atoms with Crippen molar-refractivity contribution in [1.29, 1.82) is 0 Å². The van der Waals surface area contributed by atoms with Crippen molar-refractivity contribution in [3.63, 3.8) is 0 Å². The number of hydrogen-bond acceptors (Lipinski definition) is 4. The number of nitrogens with zero attached hydrogens (tertiary/aromatic N) is 2. The van der Waals surface area contributed by atoms with E-state index in [4.69, 9.17) is 4.74 Å². The highest BCUT2D eigenvalue weighted by Crippen LogP contribution is 2.24. The van der Waals surface area contributed by atoms with Gasteiger partial charge in [-0.2, -0.15) is 4.31 Å². The molecule has 1 heterocycles. The third kappa shape index (κ3) is 4.68. The van der Waals surface area contributed by atoms with E-state index in [1.165, 1.54) is 0 Å². The lowest BCUT2D eigenvalue weighted by Crippen LogP contribution is -2.48. The Bertz CT molecular complexity index is 907. The molecule has 0 amide bonds. The fourth-order valence-electron chi connectivity index (χ4n) is 3.23. The Labute approximate surface area is 164 Å². The fourth-order valence-corrected chi connectivity index (χ4v) is 4.76. The molecule has 0 N–H and O–H groups in total. The third-order valence-electron chi connectivity index (χ3n) is 4.52. The van der Waals surface area contributed by atoms with E-state index >= 15 is 0 Å². The molecule has 0 radical (unpaired) electrons. The molecule has 1 aliphatic heterocycles. The summed E-state index contributed by atoms with van der Waals surface area (Å²) in [7, 11) is -4.20. The average molecular weight is 410 g/mol. The van der Waals surface area contributed by atoms with Crippen molar-refractivity contribution < 1.29 is 21.9 Å². The van der Waals surface area contributed by atoms with Crippen molar-refractivity contribution in [1.82, 2.24) is 9.21 Å². The number of hydrogen-bond donors (Lipinski definition) is 0. The van der Waals surface area contributed by atoms with Crippen molar-refractivity contribution in [2.45, 2.75) is 31.4 Å². The Hall–Kier alpha value is -2.03. The molecule has 1 aliphatic rings. The van der Waals surface area contributed by atoms with Crippen LogP contribution < -0.4 is 4.74 Å². The van der Waals surface area contributed by atoms with Crippen LogP contribution in [0.2, 0.25) is 0 Å². The molecule has 0 aromatic heterocycles. The molecule has 5 nitrogen and oxygen atoms in total. The Morgan fingerprint density at radius 2 is 1.61 bits per heavy atom. The molecule has 0 saturated carbocycles. The van der Waals surface area contributed by atoms with Crippen LogP contribution >= 0.6 is 0 Å². The lowest BCUT2D eigenvalue weighted by Gasteiger charge is -2.34. The molecule has 152 valence electrons. The van der Waals surface area contributed by atoms with E-state index in [1.54, 1.807) is 0 Å². The van der Waals surface area contributed by atoms with Gasteiger partial charge in [0.05, 0.1) is 6.10 Å². The molecule has 2 aromatic rings. The van der Waals surface area contributed by atoms with Crippen LogP contribution in [0.1, 0.15) is 19.4 Å². The quantitative estimate of drug-likeness (QED) is 0.734. The van der Waals surface area contributed by atoms with Crippen LogP contribution in [0.15, 0.2) is 47.4 Å². The number of halogens is 2. The second-order valence-electron chi connectivity index (χ2n) is 7.05. The number of ether oxygens (including phenoxy) is 1. The third-order valence-corrected chi connectivity index (χ3v) is 6.48. The number of benzene rings is 2. The minimum Gasteiger partial charge on any atom is -0.491 e. The van der Waals surface area contributed by atoms with Crippen molar-refractivity contribution in [3.05, 3.63) is 59.7 Å². The molecule has 1 fully saturated rings. The number of piperazine rings is 1. The minimum atomic E-state index is -4.20. The molecule has 0 atom stereocenters. The molecule has 1 saturated heterocycles. The van der Waals surface area contributed by atoms with Gasteiger partial charge in [-0.3, -0.25) is 4.90 Å². The molecule has 0 unspecified atom stereocenters. The van der Waals surface area contributed by atoms with E-state index in [2.05, 4.69) is 4.90 Å². The first-order valence-corrected chi connectivity index (χ1v) is 10.6. The molecule has 0 aliphatic carbocycles. The second kappa shape index (κ2) is 8.55. The summed E-state index contributed by atoms with van der Waals surface area (Å²) in [5.74, 6) is -1.34. The van der Waals surface area contributed by atoms with Gasteiger partial charge in [0, 0.05) is 32.7 Å². The highest BCUT2D eigenvalue weighted by atomic mass is 32.2. The summed E-state index contributed by atoms with van der Waals surface area (Å²) in [6, 6.07) is 10.9. The average Bonchev–Trinajstić information content (AvgIpc) is 2.61. The van der Waals surface area contributed by atoms with Gasteiger partial charge in [0.15, 0.2) is 4.90 Å². The van der Waals surface area contributed by atoms with E-state index in [0.717, 1.165) is 33.8 Å². The van der Waals surface area contributed by atoms with E-state index in [0.29, 0.717) is 19.6 Å². The standard InChI is InChI=1S/C20H24F2N2O3S/c1-15(2)27-17-6-3-5-16(13-17)14-23-9-11-24(12-10-23)28(25,26)20-18(21)7-4-8-19(20)22/h3-8,13,15H,9-12,14H2,1-2H3. The summed E-state index contributed by atoms with van der Waals surface area (Å²) in [6.45, 7) is 5.89. The molecule has 8 heteroatoms. The van der Waals surface area contributed by atoms with Crippen molar-refractivity contribution in [3.8, 4) is 5.75 Å². The smallest absolute Gasteiger partial charge is 0.249 e. The molecular formula is C20H24F2N2O3S. The van der Waals surface area contributed by atoms with Gasteiger partial charge in [-0.1, -0.05) is 18.2 Å². The van der Waals surface area contributed by atoms with Gasteiger partial charge in [-0.05, 0) is 43.7 Å². The summed E-state index contributed by atoms with van der Waals surface area (Å²) < 4.78 is 60.0. The summed E-state index contributed by atoms with van der Waals surface area (Å²) in [6.07, 6.45) is 0.0859. The van der Waals surface area contributed by atoms with Gasteiger partial charge in [-0.25, -0.2) is 17.2 Å². The van der Waals surface area contributed by atoms with Gasteiger partial charge < -0.3 is 4.74 Å². The molecular weight excluding hydrogens is 386 g/mol.